The number of anilines is 6. The van der Waals surface area contributed by atoms with Gasteiger partial charge in [0, 0.05) is 56.5 Å². The number of terminal acetylenes is 1. The summed E-state index contributed by atoms with van der Waals surface area (Å²) >= 11 is 0. The highest BCUT2D eigenvalue weighted by molar-refractivity contribution is 6.02. The van der Waals surface area contributed by atoms with Gasteiger partial charge in [-0.15, -0.1) is 6.42 Å². The van der Waals surface area contributed by atoms with Crippen LogP contribution in [0.2, 0.25) is 0 Å². The van der Waals surface area contributed by atoms with E-state index in [1.165, 1.54) is 6.08 Å². The van der Waals surface area contributed by atoms with Gasteiger partial charge in [0.25, 0.3) is 0 Å². The van der Waals surface area contributed by atoms with Crippen LogP contribution in [0.4, 0.5) is 34.5 Å². The molecule has 3 N–H and O–H groups in total. The van der Waals surface area contributed by atoms with Crippen LogP contribution in [0.3, 0.4) is 0 Å². The number of hydrogen-bond donors (Lipinski definition) is 3. The summed E-state index contributed by atoms with van der Waals surface area (Å²) in [6.45, 7) is 5.54. The normalized spacial score (nSPS) is 10.7. The highest BCUT2D eigenvalue weighted by Gasteiger charge is 2.17. The molecule has 2 aromatic heterocycles. The molecule has 2 aromatic carbocycles. The van der Waals surface area contributed by atoms with Crippen LogP contribution in [-0.4, -0.2) is 66.2 Å². The number of fused-ring (bicyclic) bond motifs is 1. The maximum Gasteiger partial charge on any atom is 0.247 e. The van der Waals surface area contributed by atoms with E-state index in [-0.39, 0.29) is 5.91 Å². The number of carbonyl (C=O) groups excluding carboxylic acids is 1. The Kier molecular flexibility index (Phi) is 8.89. The van der Waals surface area contributed by atoms with Crippen molar-refractivity contribution in [1.29, 1.82) is 0 Å². The van der Waals surface area contributed by atoms with Gasteiger partial charge in [-0.3, -0.25) is 9.69 Å². The van der Waals surface area contributed by atoms with E-state index in [1.807, 2.05) is 55.3 Å². The number of rotatable bonds is 12. The predicted molar refractivity (Wildman–Crippen MR) is 163 cm³/mol. The van der Waals surface area contributed by atoms with Gasteiger partial charge >= 0.3 is 0 Å². The standard InChI is InChI=1S/C30H34N8O2/c1-7-15-36(3)16-17-37(4)26-19-27(40-6)23(18-22(26)33-29(39)8-2)34-30-31-14-13-28(35-30)32-24-20-38(5)25-12-10-9-11-21(24)25/h1,8-14,18-20H,2,15-17H2,3-6H3,(H,33,39)(H2,31,32,34,35). The number of amides is 1. The number of ether oxygens (including phenoxy) is 1. The molecule has 40 heavy (non-hydrogen) atoms. The number of nitrogens with one attached hydrogen (secondary N) is 3. The van der Waals surface area contributed by atoms with Crippen LogP contribution in [0.15, 0.2) is 67.5 Å². The summed E-state index contributed by atoms with van der Waals surface area (Å²) in [5, 5.41) is 10.6. The summed E-state index contributed by atoms with van der Waals surface area (Å²) in [7, 11) is 7.50. The minimum absolute atomic E-state index is 0.326. The number of para-hydroxylation sites is 1. The number of carbonyl (C=O) groups is 1. The fourth-order valence-electron chi connectivity index (χ4n) is 4.30. The Morgan fingerprint density at radius 1 is 1.15 bits per heavy atom. The van der Waals surface area contributed by atoms with Gasteiger partial charge < -0.3 is 30.2 Å². The minimum Gasteiger partial charge on any atom is -0.494 e. The quantitative estimate of drug-likeness (QED) is 0.178. The lowest BCUT2D eigenvalue weighted by atomic mass is 10.2. The minimum atomic E-state index is -0.326. The number of likely N-dealkylation sites (N-methyl/N-ethyl adjacent to an activating group) is 2. The zero-order valence-electron chi connectivity index (χ0n) is 23.2. The van der Waals surface area contributed by atoms with Crippen LogP contribution in [0.1, 0.15) is 0 Å². The summed E-state index contributed by atoms with van der Waals surface area (Å²) in [6.07, 6.45) is 10.4. The van der Waals surface area contributed by atoms with E-state index in [1.54, 1.807) is 25.4 Å². The van der Waals surface area contributed by atoms with Crippen molar-refractivity contribution >= 4 is 51.3 Å². The van der Waals surface area contributed by atoms with Gasteiger partial charge in [0.05, 0.1) is 36.4 Å². The second kappa shape index (κ2) is 12.7. The lowest BCUT2D eigenvalue weighted by Gasteiger charge is -2.26. The van der Waals surface area contributed by atoms with Crippen LogP contribution in [-0.2, 0) is 11.8 Å². The number of methoxy groups -OCH3 is 1. The first-order chi connectivity index (χ1) is 19.3. The second-order valence-electron chi connectivity index (χ2n) is 9.31. The molecule has 0 aliphatic carbocycles. The van der Waals surface area contributed by atoms with Crippen molar-refractivity contribution in [3.63, 3.8) is 0 Å². The number of aromatic nitrogens is 3. The van der Waals surface area contributed by atoms with Gasteiger partial charge in [0.2, 0.25) is 11.9 Å². The molecule has 0 radical (unpaired) electrons. The number of hydrogen-bond acceptors (Lipinski definition) is 8. The summed E-state index contributed by atoms with van der Waals surface area (Å²) in [6, 6.07) is 13.6. The molecule has 0 spiro atoms. The lowest BCUT2D eigenvalue weighted by Crippen LogP contribution is -2.31. The average molecular weight is 539 g/mol. The molecule has 0 aliphatic rings. The predicted octanol–water partition coefficient (Wildman–Crippen LogP) is 4.59. The van der Waals surface area contributed by atoms with Crippen molar-refractivity contribution in [2.45, 2.75) is 0 Å². The summed E-state index contributed by atoms with van der Waals surface area (Å²) in [4.78, 5) is 25.4. The number of nitrogens with zero attached hydrogens (tertiary/aromatic N) is 5. The zero-order valence-corrected chi connectivity index (χ0v) is 23.2. The number of benzene rings is 2. The third-order valence-corrected chi connectivity index (χ3v) is 6.41. The van der Waals surface area contributed by atoms with Gasteiger partial charge in [-0.25, -0.2) is 4.98 Å². The van der Waals surface area contributed by atoms with E-state index in [2.05, 4.69) is 55.1 Å². The molecular formula is C30H34N8O2. The molecule has 4 aromatic rings. The van der Waals surface area contributed by atoms with E-state index in [0.29, 0.717) is 42.0 Å². The van der Waals surface area contributed by atoms with Crippen molar-refractivity contribution in [2.24, 2.45) is 7.05 Å². The molecule has 206 valence electrons. The van der Waals surface area contributed by atoms with Gasteiger partial charge in [0.1, 0.15) is 11.6 Å². The molecule has 2 heterocycles. The van der Waals surface area contributed by atoms with Crippen molar-refractivity contribution in [2.75, 3.05) is 61.7 Å². The molecular weight excluding hydrogens is 504 g/mol. The SMILES string of the molecule is C#CCN(C)CCN(C)c1cc(OC)c(Nc2nccc(Nc3cn(C)c4ccccc34)n2)cc1NC(=O)C=C. The molecule has 0 aliphatic heterocycles. The molecule has 0 fully saturated rings. The van der Waals surface area contributed by atoms with Crippen molar-refractivity contribution in [1.82, 2.24) is 19.4 Å². The van der Waals surface area contributed by atoms with Crippen LogP contribution in [0.25, 0.3) is 10.9 Å². The topological polar surface area (TPSA) is 99.6 Å². The molecule has 4 rings (SSSR count). The van der Waals surface area contributed by atoms with E-state index >= 15 is 0 Å². The van der Waals surface area contributed by atoms with Crippen LogP contribution in [0, 0.1) is 12.3 Å². The molecule has 0 atom stereocenters. The maximum atomic E-state index is 12.3. The highest BCUT2D eigenvalue weighted by atomic mass is 16.5. The molecule has 10 heteroatoms. The van der Waals surface area contributed by atoms with Gasteiger partial charge in [-0.05, 0) is 31.3 Å². The Bertz CT molecular complexity index is 1560. The van der Waals surface area contributed by atoms with Gasteiger partial charge in [-0.1, -0.05) is 30.7 Å². The van der Waals surface area contributed by atoms with Crippen LogP contribution in [0.5, 0.6) is 5.75 Å². The second-order valence-corrected chi connectivity index (χ2v) is 9.31. The van der Waals surface area contributed by atoms with Gasteiger partial charge in [0.15, 0.2) is 0 Å². The zero-order chi connectivity index (χ0) is 28.6. The Morgan fingerprint density at radius 2 is 1.95 bits per heavy atom. The Labute approximate surface area is 234 Å². The fraction of sp³-hybridized carbons (Fsp3) is 0.233. The molecule has 1 amide bonds. The molecule has 0 saturated heterocycles. The first-order valence-corrected chi connectivity index (χ1v) is 12.7. The third kappa shape index (κ3) is 6.51. The first-order valence-electron chi connectivity index (χ1n) is 12.7. The van der Waals surface area contributed by atoms with E-state index in [4.69, 9.17) is 11.2 Å². The van der Waals surface area contributed by atoms with Crippen molar-refractivity contribution in [3.05, 3.63) is 67.5 Å². The summed E-state index contributed by atoms with van der Waals surface area (Å²) in [5.41, 5.74) is 4.00. The molecule has 10 nitrogen and oxygen atoms in total. The van der Waals surface area contributed by atoms with E-state index < -0.39 is 0 Å². The third-order valence-electron chi connectivity index (χ3n) is 6.41. The van der Waals surface area contributed by atoms with Crippen molar-refractivity contribution < 1.29 is 9.53 Å². The number of aryl methyl sites for hydroxylation is 1. The van der Waals surface area contributed by atoms with Crippen molar-refractivity contribution in [3.8, 4) is 18.1 Å². The van der Waals surface area contributed by atoms with E-state index in [9.17, 15) is 4.79 Å². The Hall–Kier alpha value is -5.01. The summed E-state index contributed by atoms with van der Waals surface area (Å²) in [5.74, 6) is 3.87. The van der Waals surface area contributed by atoms with E-state index in [0.717, 1.165) is 28.8 Å². The van der Waals surface area contributed by atoms with Crippen LogP contribution < -0.4 is 25.6 Å². The first kappa shape index (κ1) is 28.0. The monoisotopic (exact) mass is 538 g/mol. The summed E-state index contributed by atoms with van der Waals surface area (Å²) < 4.78 is 7.77. The Morgan fingerprint density at radius 3 is 2.70 bits per heavy atom. The average Bonchev–Trinajstić information content (AvgIpc) is 3.27. The maximum absolute atomic E-state index is 12.3. The molecule has 0 unspecified atom stereocenters. The molecule has 0 saturated carbocycles. The molecule has 0 bridgehead atoms. The Balaban J connectivity index is 1.61. The largest absolute Gasteiger partial charge is 0.494 e. The fourth-order valence-corrected chi connectivity index (χ4v) is 4.30. The van der Waals surface area contributed by atoms with Crippen LogP contribution >= 0.6 is 0 Å². The highest BCUT2D eigenvalue weighted by Crippen LogP contribution is 2.38. The lowest BCUT2D eigenvalue weighted by molar-refractivity contribution is -0.111. The smallest absolute Gasteiger partial charge is 0.247 e. The van der Waals surface area contributed by atoms with Gasteiger partial charge in [-0.2, -0.15) is 4.98 Å².